The van der Waals surface area contributed by atoms with Gasteiger partial charge in [-0.2, -0.15) is 0 Å². The molecule has 21 nitrogen and oxygen atoms in total. The number of hydrazone groups is 1. The first kappa shape index (κ1) is 35.9. The normalized spacial score (nSPS) is 15.9. The second-order valence-corrected chi connectivity index (χ2v) is 10.4. The first-order chi connectivity index (χ1) is 22.5. The summed E-state index contributed by atoms with van der Waals surface area (Å²) in [6, 6.07) is 0. The van der Waals surface area contributed by atoms with Crippen molar-refractivity contribution >= 4 is 53.0 Å². The van der Waals surface area contributed by atoms with Gasteiger partial charge in [0.1, 0.15) is 30.6 Å². The van der Waals surface area contributed by atoms with Gasteiger partial charge in [0.2, 0.25) is 19.5 Å². The second-order valence-electron chi connectivity index (χ2n) is 8.75. The van der Waals surface area contributed by atoms with Gasteiger partial charge < -0.3 is 37.9 Å². The molecule has 0 saturated carbocycles. The number of guanidine groups is 1. The Morgan fingerprint density at radius 1 is 1.06 bits per heavy atom. The smallest absolute Gasteiger partial charge is 0.421 e. The number of ether oxygens (including phenoxy) is 5. The number of rotatable bonds is 9. The Kier molecular flexibility index (Phi) is 13.6. The molecule has 0 unspecified atom stereocenters. The van der Waals surface area contributed by atoms with Crippen molar-refractivity contribution in [2.75, 3.05) is 40.1 Å². The van der Waals surface area contributed by atoms with Crippen LogP contribution >= 0.6 is 22.9 Å². The molecule has 2 saturated heterocycles. The first-order valence-corrected chi connectivity index (χ1v) is 14.2. The lowest BCUT2D eigenvalue weighted by Gasteiger charge is -2.34. The minimum Gasteiger partial charge on any atom is -0.447 e. The van der Waals surface area contributed by atoms with Gasteiger partial charge >= 0.3 is 24.1 Å². The topological polar surface area (TPSA) is 226 Å². The highest BCUT2D eigenvalue weighted by atomic mass is 35.5. The number of esters is 2. The maximum atomic E-state index is 12.0. The lowest BCUT2D eigenvalue weighted by Crippen LogP contribution is -2.53. The van der Waals surface area contributed by atoms with Crippen LogP contribution in [0, 0.1) is 16.7 Å². The molecule has 0 aliphatic carbocycles. The van der Waals surface area contributed by atoms with Crippen LogP contribution in [0.3, 0.4) is 0 Å². The van der Waals surface area contributed by atoms with Crippen LogP contribution in [0.4, 0.5) is 9.59 Å². The molecular weight excluding hydrogens is 674 g/mol. The summed E-state index contributed by atoms with van der Waals surface area (Å²) in [7, 11) is 0. The molecule has 0 radical (unpaired) electrons. The van der Waals surface area contributed by atoms with Crippen LogP contribution in [0.5, 0.6) is 0 Å². The fourth-order valence-corrected chi connectivity index (χ4v) is 4.66. The van der Waals surface area contributed by atoms with Crippen molar-refractivity contribution in [3.63, 3.8) is 0 Å². The van der Waals surface area contributed by atoms with Crippen LogP contribution in [-0.4, -0.2) is 105 Å². The number of carbonyl (C=O) groups excluding carboxylic acids is 4. The predicted molar refractivity (Wildman–Crippen MR) is 154 cm³/mol. The van der Waals surface area contributed by atoms with E-state index in [-0.39, 0.29) is 26.0 Å². The summed E-state index contributed by atoms with van der Waals surface area (Å²) < 4.78 is 29.3. The summed E-state index contributed by atoms with van der Waals surface area (Å²) in [4.78, 5) is 73.1. The standard InChI is InChI=1S/C13H14N4O5.C11H12ClN5O7S/c1-10(18)21-9-22-13(19)17-5-4-16(12(17)7-14-2)8-11-15-3-6-20-11;1-7(18)23-6-24-11(19)16-5-22-4-15(10(16)14-17(20)21)3-8-2-13-9(12)25-8/h3,6-7H,4-5,8-9H2,1H3;2H,3-6H2,1H3/b12-7+;14-10+. The monoisotopic (exact) mass is 699 g/mol. The van der Waals surface area contributed by atoms with Gasteiger partial charge in [-0.1, -0.05) is 11.6 Å². The Balaban J connectivity index is 0.000000257. The van der Waals surface area contributed by atoms with E-state index in [0.717, 1.165) is 11.8 Å². The van der Waals surface area contributed by atoms with Crippen LogP contribution in [0.25, 0.3) is 4.85 Å². The summed E-state index contributed by atoms with van der Waals surface area (Å²) in [6.45, 7) is 9.18. The van der Waals surface area contributed by atoms with E-state index >= 15 is 0 Å². The van der Waals surface area contributed by atoms with E-state index in [9.17, 15) is 29.3 Å². The number of oxazole rings is 1. The Hall–Kier alpha value is -5.53. The lowest BCUT2D eigenvalue weighted by atomic mass is 10.4. The number of hydrogen-bond acceptors (Lipinski definition) is 16. The Morgan fingerprint density at radius 3 is 2.30 bits per heavy atom. The van der Waals surface area contributed by atoms with Crippen LogP contribution in [-0.2, 0) is 46.4 Å². The second kappa shape index (κ2) is 17.8. The van der Waals surface area contributed by atoms with Gasteiger partial charge in [0.15, 0.2) is 15.7 Å². The largest absolute Gasteiger partial charge is 0.447 e. The van der Waals surface area contributed by atoms with E-state index in [2.05, 4.69) is 29.4 Å². The lowest BCUT2D eigenvalue weighted by molar-refractivity contribution is -0.486. The number of nitrogens with zero attached hydrogens (tertiary/aromatic N) is 9. The van der Waals surface area contributed by atoms with Gasteiger partial charge in [0.25, 0.3) is 5.96 Å². The molecule has 2 aliphatic heterocycles. The number of nitro groups is 1. The van der Waals surface area contributed by atoms with Crippen molar-refractivity contribution < 1.29 is 52.3 Å². The van der Waals surface area contributed by atoms with E-state index in [1.165, 1.54) is 52.9 Å². The average Bonchev–Trinajstić information content (AvgIpc) is 3.76. The van der Waals surface area contributed by atoms with Crippen molar-refractivity contribution in [3.8, 4) is 0 Å². The Labute approximate surface area is 274 Å². The zero-order chi connectivity index (χ0) is 34.3. The minimum atomic E-state index is -1.02. The van der Waals surface area contributed by atoms with Gasteiger partial charge in [-0.15, -0.1) is 11.3 Å². The molecular formula is C24H26ClN9O12S. The zero-order valence-electron chi connectivity index (χ0n) is 24.7. The molecule has 4 heterocycles. The molecule has 23 heteroatoms. The van der Waals surface area contributed by atoms with Crippen LogP contribution in [0.1, 0.15) is 24.6 Å². The fourth-order valence-electron chi connectivity index (χ4n) is 3.66. The highest BCUT2D eigenvalue weighted by Crippen LogP contribution is 2.23. The summed E-state index contributed by atoms with van der Waals surface area (Å²) in [5, 5.41) is 13.1. The molecule has 0 spiro atoms. The quantitative estimate of drug-likeness (QED) is 0.120. The van der Waals surface area contributed by atoms with Crippen molar-refractivity contribution in [1.82, 2.24) is 29.6 Å². The summed E-state index contributed by atoms with van der Waals surface area (Å²) in [6.07, 6.45) is 3.99. The molecule has 2 fully saturated rings. The van der Waals surface area contributed by atoms with Crippen molar-refractivity contribution in [2.24, 2.45) is 5.10 Å². The molecule has 2 aromatic rings. The molecule has 47 heavy (non-hydrogen) atoms. The van der Waals surface area contributed by atoms with Gasteiger partial charge in [-0.3, -0.25) is 14.5 Å². The molecule has 4 rings (SSSR count). The summed E-state index contributed by atoms with van der Waals surface area (Å²) in [5.41, 5.74) is 0. The van der Waals surface area contributed by atoms with Crippen molar-refractivity contribution in [2.45, 2.75) is 26.9 Å². The Bertz CT molecular complexity index is 1530. The van der Waals surface area contributed by atoms with Gasteiger partial charge in [-0.25, -0.2) is 39.4 Å². The van der Waals surface area contributed by atoms with Gasteiger partial charge in [0, 0.05) is 38.0 Å². The van der Waals surface area contributed by atoms with Gasteiger partial charge in [-0.05, 0) is 0 Å². The van der Waals surface area contributed by atoms with Crippen LogP contribution in [0.15, 0.2) is 40.2 Å². The van der Waals surface area contributed by atoms with E-state index in [0.29, 0.717) is 40.7 Å². The zero-order valence-corrected chi connectivity index (χ0v) is 26.2. The third-order valence-corrected chi connectivity index (χ3v) is 6.65. The molecule has 2 aliphatic rings. The van der Waals surface area contributed by atoms with E-state index in [1.54, 1.807) is 4.90 Å². The van der Waals surface area contributed by atoms with Crippen LogP contribution in [0.2, 0.25) is 4.47 Å². The third kappa shape index (κ3) is 11.4. The predicted octanol–water partition coefficient (Wildman–Crippen LogP) is 2.22. The van der Waals surface area contributed by atoms with Crippen molar-refractivity contribution in [3.05, 3.63) is 67.4 Å². The molecule has 2 amide bonds. The molecule has 0 aromatic carbocycles. The molecule has 2 aromatic heterocycles. The minimum absolute atomic E-state index is 0.0457. The average molecular weight is 700 g/mol. The number of aromatic nitrogens is 2. The number of amides is 2. The Morgan fingerprint density at radius 2 is 1.74 bits per heavy atom. The van der Waals surface area contributed by atoms with E-state index in [1.807, 2.05) is 0 Å². The number of thiazole rings is 1. The molecule has 252 valence electrons. The first-order valence-electron chi connectivity index (χ1n) is 13.0. The highest BCUT2D eigenvalue weighted by molar-refractivity contribution is 7.15. The summed E-state index contributed by atoms with van der Waals surface area (Å²) in [5.74, 6) is -0.608. The number of carbonyl (C=O) groups is 4. The number of hydrogen-bond donors (Lipinski definition) is 0. The third-order valence-electron chi connectivity index (χ3n) is 5.55. The highest BCUT2D eigenvalue weighted by Gasteiger charge is 2.34. The number of halogens is 1. The van der Waals surface area contributed by atoms with E-state index < -0.39 is 42.7 Å². The molecule has 0 bridgehead atoms. The van der Waals surface area contributed by atoms with Crippen LogP contribution < -0.4 is 0 Å². The van der Waals surface area contributed by atoms with Crippen molar-refractivity contribution in [1.29, 1.82) is 0 Å². The summed E-state index contributed by atoms with van der Waals surface area (Å²) >= 11 is 6.92. The van der Waals surface area contributed by atoms with E-state index in [4.69, 9.17) is 36.8 Å². The fraction of sp³-hybridized carbons (Fsp3) is 0.417. The molecule has 0 N–H and O–H groups in total. The molecule has 0 atom stereocenters. The maximum Gasteiger partial charge on any atom is 0.421 e. The maximum absolute atomic E-state index is 12.0. The van der Waals surface area contributed by atoms with Gasteiger partial charge in [0.05, 0.1) is 25.9 Å². The SMILES string of the molecule is CC(=O)OCOC(=O)N1COCN(Cc2cnc(Cl)s2)/C1=N\[N+](=O)[O-].[C-]#[N+]/C=C1\N(Cc2ncco2)CCN1C(=O)OCOC(C)=O.